The molecule has 1 unspecified atom stereocenters. The van der Waals surface area contributed by atoms with Crippen LogP contribution in [0.25, 0.3) is 0 Å². The zero-order chi connectivity index (χ0) is 6.57. The Morgan fingerprint density at radius 3 is 2.38 bits per heavy atom. The highest BCUT2D eigenvalue weighted by Gasteiger charge is 2.05. The molecule has 1 atom stereocenters. The van der Waals surface area contributed by atoms with Crippen LogP contribution in [0.2, 0.25) is 0 Å². The van der Waals surface area contributed by atoms with E-state index in [1.807, 2.05) is 0 Å². The van der Waals surface area contributed by atoms with Crippen LogP contribution in [0.4, 0.5) is 0 Å². The Bertz CT molecular complexity index is 114. The van der Waals surface area contributed by atoms with Crippen molar-refractivity contribution in [3.63, 3.8) is 0 Å². The monoisotopic (exact) mass is 137 g/mol. The van der Waals surface area contributed by atoms with Gasteiger partial charge in [0.25, 0.3) is 0 Å². The van der Waals surface area contributed by atoms with Crippen molar-refractivity contribution in [2.24, 2.45) is 0 Å². The van der Waals surface area contributed by atoms with Crippen LogP contribution in [0.15, 0.2) is 0 Å². The molecule has 4 nitrogen and oxygen atoms in total. The second kappa shape index (κ2) is 3.78. The maximum atomic E-state index is 9.84. The summed E-state index contributed by atoms with van der Waals surface area (Å²) < 4.78 is 19.7. The average molecular weight is 137 g/mol. The lowest BCUT2D eigenvalue weighted by Gasteiger charge is -1.95. The first-order valence-corrected chi connectivity index (χ1v) is 3.39. The third-order valence-corrected chi connectivity index (χ3v) is 1.30. The molecule has 0 spiro atoms. The van der Waals surface area contributed by atoms with Crippen molar-refractivity contribution in [3.8, 4) is 0 Å². The molecule has 0 aliphatic heterocycles. The third-order valence-electron chi connectivity index (χ3n) is 0.630. The van der Waals surface area contributed by atoms with Crippen LogP contribution < -0.4 is 5.32 Å². The predicted octanol–water partition coefficient (Wildman–Crippen LogP) is -0.303. The van der Waals surface area contributed by atoms with Crippen LogP contribution in [0.1, 0.15) is 0 Å². The fourth-order valence-corrected chi connectivity index (χ4v) is 0.589. The normalized spacial score (nSPS) is 13.2. The minimum Gasteiger partial charge on any atom is -0.377 e. The summed E-state index contributed by atoms with van der Waals surface area (Å²) in [4.78, 5) is 0. The number of hydrogen-bond donors (Lipinski definition) is 2. The lowest BCUT2D eigenvalue weighted by molar-refractivity contribution is 0.244. The zero-order valence-electron chi connectivity index (χ0n) is 4.50. The quantitative estimate of drug-likeness (QED) is 0.524. The van der Waals surface area contributed by atoms with Crippen LogP contribution >= 0.6 is 7.68 Å². The van der Waals surface area contributed by atoms with Crippen LogP contribution in [0, 0.1) is 0 Å². The Balaban J connectivity index is 3.48. The van der Waals surface area contributed by atoms with Crippen molar-refractivity contribution in [1.29, 1.82) is 0 Å². The van der Waals surface area contributed by atoms with E-state index >= 15 is 0 Å². The lowest BCUT2D eigenvalue weighted by Crippen LogP contribution is -2.18. The van der Waals surface area contributed by atoms with E-state index in [9.17, 15) is 9.13 Å². The van der Waals surface area contributed by atoms with Crippen molar-refractivity contribution < 1.29 is 14.2 Å². The molecule has 0 aromatic heterocycles. The van der Waals surface area contributed by atoms with Gasteiger partial charge in [-0.25, -0.2) is 9.13 Å². The largest absolute Gasteiger partial charge is 0.377 e. The molecule has 8 heavy (non-hydrogen) atoms. The van der Waals surface area contributed by atoms with E-state index in [1.54, 1.807) is 7.05 Å². The molecule has 0 heterocycles. The van der Waals surface area contributed by atoms with Gasteiger partial charge in [-0.15, -0.1) is 0 Å². The first kappa shape index (κ1) is 7.82. The molecule has 0 aliphatic carbocycles. The second-order valence-electron chi connectivity index (χ2n) is 1.32. The SMILES string of the molecule is CNCC(O)P(=O)=O. The van der Waals surface area contributed by atoms with Gasteiger partial charge in [0, 0.05) is 6.54 Å². The average Bonchev–Trinajstić information content (AvgIpc) is 1.67. The van der Waals surface area contributed by atoms with E-state index in [1.165, 1.54) is 0 Å². The van der Waals surface area contributed by atoms with E-state index in [4.69, 9.17) is 5.11 Å². The Kier molecular flexibility index (Phi) is 3.69. The number of nitrogens with one attached hydrogen (secondary N) is 1. The van der Waals surface area contributed by atoms with Gasteiger partial charge in [0.15, 0.2) is 5.85 Å². The molecule has 5 heteroatoms. The summed E-state index contributed by atoms with van der Waals surface area (Å²) in [5, 5.41) is 11.0. The van der Waals surface area contributed by atoms with Gasteiger partial charge in [0.1, 0.15) is 0 Å². The maximum Gasteiger partial charge on any atom is 0.346 e. The van der Waals surface area contributed by atoms with Gasteiger partial charge in [-0.1, -0.05) is 0 Å². The summed E-state index contributed by atoms with van der Waals surface area (Å²) in [6, 6.07) is 0. The molecule has 48 valence electrons. The van der Waals surface area contributed by atoms with Crippen molar-refractivity contribution in [2.45, 2.75) is 5.85 Å². The van der Waals surface area contributed by atoms with Crippen LogP contribution in [0.3, 0.4) is 0 Å². The Morgan fingerprint density at radius 1 is 1.75 bits per heavy atom. The van der Waals surface area contributed by atoms with Gasteiger partial charge < -0.3 is 10.4 Å². The lowest BCUT2D eigenvalue weighted by atomic mass is 10.7. The smallest absolute Gasteiger partial charge is 0.346 e. The van der Waals surface area contributed by atoms with Crippen LogP contribution in [0.5, 0.6) is 0 Å². The number of likely N-dealkylation sites (N-methyl/N-ethyl adjacent to an activating group) is 1. The molecule has 0 fully saturated rings. The number of hydrogen-bond acceptors (Lipinski definition) is 4. The molecule has 0 bridgehead atoms. The molecule has 0 saturated heterocycles. The Hall–Kier alpha value is -0.180. The highest BCUT2D eigenvalue weighted by molar-refractivity contribution is 7.31. The summed E-state index contributed by atoms with van der Waals surface area (Å²) in [6.45, 7) is 0.0959. The zero-order valence-corrected chi connectivity index (χ0v) is 5.39. The van der Waals surface area contributed by atoms with Gasteiger partial charge in [-0.2, -0.15) is 0 Å². The minimum atomic E-state index is -2.67. The summed E-state index contributed by atoms with van der Waals surface area (Å²) >= 11 is 0. The maximum absolute atomic E-state index is 9.84. The molecule has 0 aromatic rings. The number of aliphatic hydroxyl groups is 1. The summed E-state index contributed by atoms with van der Waals surface area (Å²) in [5.41, 5.74) is 0. The molecule has 0 amide bonds. The van der Waals surface area contributed by atoms with Crippen molar-refractivity contribution in [1.82, 2.24) is 5.32 Å². The molecule has 0 rings (SSSR count). The van der Waals surface area contributed by atoms with E-state index in [-0.39, 0.29) is 6.54 Å². The fourth-order valence-electron chi connectivity index (χ4n) is 0.257. The topological polar surface area (TPSA) is 66.4 Å². The molecule has 0 aliphatic rings. The molecule has 0 radical (unpaired) electrons. The fraction of sp³-hybridized carbons (Fsp3) is 1.00. The number of aliphatic hydroxyl groups excluding tert-OH is 1. The van der Waals surface area contributed by atoms with Gasteiger partial charge in [0.2, 0.25) is 0 Å². The van der Waals surface area contributed by atoms with Gasteiger partial charge in [0.05, 0.1) is 0 Å². The van der Waals surface area contributed by atoms with Crippen LogP contribution in [-0.4, -0.2) is 24.5 Å². The molecule has 0 aromatic carbocycles. The third kappa shape index (κ3) is 2.91. The Labute approximate surface area is 47.7 Å². The standard InChI is InChI=1S/C3H8NO3P/c1-4-2-3(5)8(6)7/h3-5H,2H2,1H3. The van der Waals surface area contributed by atoms with Crippen LogP contribution in [-0.2, 0) is 9.13 Å². The highest BCUT2D eigenvalue weighted by atomic mass is 31.1. The summed E-state index contributed by atoms with van der Waals surface area (Å²) in [5.74, 6) is -1.24. The molecule has 0 saturated carbocycles. The minimum absolute atomic E-state index is 0.0959. The van der Waals surface area contributed by atoms with E-state index in [0.717, 1.165) is 0 Å². The molecule has 2 N–H and O–H groups in total. The van der Waals surface area contributed by atoms with Crippen molar-refractivity contribution in [3.05, 3.63) is 0 Å². The summed E-state index contributed by atoms with van der Waals surface area (Å²) in [6.07, 6.45) is 0. The van der Waals surface area contributed by atoms with Gasteiger partial charge >= 0.3 is 7.68 Å². The van der Waals surface area contributed by atoms with Gasteiger partial charge in [-0.05, 0) is 7.05 Å². The first-order valence-electron chi connectivity index (χ1n) is 2.14. The number of rotatable bonds is 3. The molecular formula is C3H8NO3P. The van der Waals surface area contributed by atoms with E-state index in [2.05, 4.69) is 5.32 Å². The molecular weight excluding hydrogens is 129 g/mol. The van der Waals surface area contributed by atoms with E-state index in [0.29, 0.717) is 0 Å². The Morgan fingerprint density at radius 2 is 2.25 bits per heavy atom. The van der Waals surface area contributed by atoms with Crippen molar-refractivity contribution in [2.75, 3.05) is 13.6 Å². The predicted molar refractivity (Wildman–Crippen MR) is 28.2 cm³/mol. The van der Waals surface area contributed by atoms with Crippen molar-refractivity contribution >= 4 is 7.68 Å². The first-order chi connectivity index (χ1) is 3.68. The second-order valence-corrected chi connectivity index (χ2v) is 2.49. The van der Waals surface area contributed by atoms with E-state index < -0.39 is 13.5 Å². The summed E-state index contributed by atoms with van der Waals surface area (Å²) in [7, 11) is -1.10. The highest BCUT2D eigenvalue weighted by Crippen LogP contribution is 2.08. The van der Waals surface area contributed by atoms with Gasteiger partial charge in [-0.3, -0.25) is 0 Å².